The van der Waals surface area contributed by atoms with Gasteiger partial charge in [-0.15, -0.1) is 0 Å². The molecule has 1 fully saturated rings. The largest absolute Gasteiger partial charge is 0.396 e. The number of aliphatic hydroxyl groups excluding tert-OH is 1. The first kappa shape index (κ1) is 12.0. The van der Waals surface area contributed by atoms with Crippen molar-refractivity contribution in [1.82, 2.24) is 4.90 Å². The van der Waals surface area contributed by atoms with Gasteiger partial charge in [0.05, 0.1) is 0 Å². The van der Waals surface area contributed by atoms with E-state index in [0.717, 1.165) is 12.5 Å². The van der Waals surface area contributed by atoms with E-state index in [2.05, 4.69) is 32.6 Å². The van der Waals surface area contributed by atoms with E-state index in [1.54, 1.807) is 0 Å². The summed E-state index contributed by atoms with van der Waals surface area (Å²) < 4.78 is 0. The molecule has 1 unspecified atom stereocenters. The third-order valence-electron chi connectivity index (χ3n) is 3.50. The van der Waals surface area contributed by atoms with Crippen molar-refractivity contribution in [3.05, 3.63) is 0 Å². The lowest BCUT2D eigenvalue weighted by Crippen LogP contribution is -2.47. The van der Waals surface area contributed by atoms with Crippen molar-refractivity contribution < 1.29 is 5.11 Å². The molecule has 84 valence electrons. The highest BCUT2D eigenvalue weighted by Gasteiger charge is 2.34. The Morgan fingerprint density at radius 3 is 2.57 bits per heavy atom. The first-order chi connectivity index (χ1) is 6.45. The van der Waals surface area contributed by atoms with Gasteiger partial charge in [-0.25, -0.2) is 0 Å². The molecule has 1 aliphatic rings. The SMILES string of the molecule is CC(C)CN1CCC(C)(C)C(CO)C1. The number of nitrogens with zero attached hydrogens (tertiary/aromatic N) is 1. The van der Waals surface area contributed by atoms with Crippen molar-refractivity contribution >= 4 is 0 Å². The zero-order valence-electron chi connectivity index (χ0n) is 10.1. The van der Waals surface area contributed by atoms with Gasteiger partial charge in [0.2, 0.25) is 0 Å². The Hall–Kier alpha value is -0.0800. The van der Waals surface area contributed by atoms with E-state index in [4.69, 9.17) is 0 Å². The van der Waals surface area contributed by atoms with Crippen molar-refractivity contribution in [3.8, 4) is 0 Å². The second kappa shape index (κ2) is 4.63. The molecule has 1 saturated heterocycles. The third-order valence-corrected chi connectivity index (χ3v) is 3.50. The van der Waals surface area contributed by atoms with Crippen LogP contribution in [0.3, 0.4) is 0 Å². The van der Waals surface area contributed by atoms with Crippen LogP contribution < -0.4 is 0 Å². The van der Waals surface area contributed by atoms with Gasteiger partial charge in [0, 0.05) is 19.7 Å². The van der Waals surface area contributed by atoms with Crippen LogP contribution in [0.1, 0.15) is 34.1 Å². The molecule has 0 saturated carbocycles. The van der Waals surface area contributed by atoms with E-state index in [0.29, 0.717) is 17.9 Å². The minimum Gasteiger partial charge on any atom is -0.396 e. The van der Waals surface area contributed by atoms with Crippen molar-refractivity contribution in [1.29, 1.82) is 0 Å². The van der Waals surface area contributed by atoms with Crippen LogP contribution in [0.25, 0.3) is 0 Å². The minimum absolute atomic E-state index is 0.322. The maximum absolute atomic E-state index is 9.35. The second-order valence-electron chi connectivity index (χ2n) is 5.77. The topological polar surface area (TPSA) is 23.5 Å². The lowest BCUT2D eigenvalue weighted by Gasteiger charge is -2.43. The van der Waals surface area contributed by atoms with Crippen LogP contribution in [0, 0.1) is 17.3 Å². The van der Waals surface area contributed by atoms with E-state index in [1.165, 1.54) is 19.5 Å². The van der Waals surface area contributed by atoms with E-state index in [-0.39, 0.29) is 0 Å². The Morgan fingerprint density at radius 2 is 2.07 bits per heavy atom. The first-order valence-electron chi connectivity index (χ1n) is 5.79. The van der Waals surface area contributed by atoms with Gasteiger partial charge in [0.1, 0.15) is 0 Å². The number of likely N-dealkylation sites (tertiary alicyclic amines) is 1. The average molecular weight is 199 g/mol. The number of hydrogen-bond donors (Lipinski definition) is 1. The van der Waals surface area contributed by atoms with Crippen molar-refractivity contribution in [2.45, 2.75) is 34.1 Å². The number of piperidine rings is 1. The highest BCUT2D eigenvalue weighted by molar-refractivity contribution is 4.86. The van der Waals surface area contributed by atoms with E-state index < -0.39 is 0 Å². The predicted octanol–water partition coefficient (Wildman–Crippen LogP) is 1.98. The number of hydrogen-bond acceptors (Lipinski definition) is 2. The Morgan fingerprint density at radius 1 is 1.43 bits per heavy atom. The summed E-state index contributed by atoms with van der Waals surface area (Å²) in [5.74, 6) is 1.19. The fraction of sp³-hybridized carbons (Fsp3) is 1.00. The summed E-state index contributed by atoms with van der Waals surface area (Å²) in [7, 11) is 0. The average Bonchev–Trinajstić information content (AvgIpc) is 2.07. The molecule has 0 aromatic rings. The lowest BCUT2D eigenvalue weighted by atomic mass is 9.73. The smallest absolute Gasteiger partial charge is 0.0476 e. The van der Waals surface area contributed by atoms with Crippen molar-refractivity contribution in [3.63, 3.8) is 0 Å². The Bertz CT molecular complexity index is 177. The van der Waals surface area contributed by atoms with Crippen molar-refractivity contribution in [2.75, 3.05) is 26.2 Å². The van der Waals surface area contributed by atoms with Crippen molar-refractivity contribution in [2.24, 2.45) is 17.3 Å². The zero-order valence-corrected chi connectivity index (χ0v) is 10.1. The molecule has 1 rings (SSSR count). The van der Waals surface area contributed by atoms with Crippen LogP contribution in [0.2, 0.25) is 0 Å². The summed E-state index contributed by atoms with van der Waals surface area (Å²) >= 11 is 0. The standard InChI is InChI=1S/C12H25NO/c1-10(2)7-13-6-5-12(3,4)11(8-13)9-14/h10-11,14H,5-9H2,1-4H3. The van der Waals surface area contributed by atoms with Gasteiger partial charge in [-0.1, -0.05) is 27.7 Å². The summed E-state index contributed by atoms with van der Waals surface area (Å²) in [6, 6.07) is 0. The summed E-state index contributed by atoms with van der Waals surface area (Å²) in [6.45, 7) is 12.8. The summed E-state index contributed by atoms with van der Waals surface area (Å²) in [5.41, 5.74) is 0.322. The van der Waals surface area contributed by atoms with Crippen LogP contribution in [-0.2, 0) is 0 Å². The van der Waals surface area contributed by atoms with Gasteiger partial charge in [-0.05, 0) is 30.2 Å². The first-order valence-corrected chi connectivity index (χ1v) is 5.79. The monoisotopic (exact) mass is 199 g/mol. The van der Waals surface area contributed by atoms with Crippen LogP contribution in [0.15, 0.2) is 0 Å². The highest BCUT2D eigenvalue weighted by atomic mass is 16.3. The summed E-state index contributed by atoms with van der Waals surface area (Å²) in [5, 5.41) is 9.35. The molecule has 2 nitrogen and oxygen atoms in total. The number of rotatable bonds is 3. The molecule has 1 atom stereocenters. The van der Waals surface area contributed by atoms with Crippen LogP contribution in [-0.4, -0.2) is 36.2 Å². The van der Waals surface area contributed by atoms with Gasteiger partial charge >= 0.3 is 0 Å². The fourth-order valence-electron chi connectivity index (χ4n) is 2.29. The molecule has 1 heterocycles. The summed E-state index contributed by atoms with van der Waals surface area (Å²) in [6.07, 6.45) is 1.21. The van der Waals surface area contributed by atoms with Gasteiger partial charge in [0.25, 0.3) is 0 Å². The van der Waals surface area contributed by atoms with Crippen LogP contribution in [0.5, 0.6) is 0 Å². The van der Waals surface area contributed by atoms with E-state index in [9.17, 15) is 5.11 Å². The van der Waals surface area contributed by atoms with E-state index >= 15 is 0 Å². The van der Waals surface area contributed by atoms with Gasteiger partial charge in [0.15, 0.2) is 0 Å². The molecular weight excluding hydrogens is 174 g/mol. The molecule has 0 spiro atoms. The molecule has 2 heteroatoms. The third kappa shape index (κ3) is 2.96. The quantitative estimate of drug-likeness (QED) is 0.751. The molecule has 1 aliphatic heterocycles. The molecule has 0 radical (unpaired) electrons. The molecule has 0 aliphatic carbocycles. The zero-order chi connectivity index (χ0) is 10.8. The molecule has 0 bridgehead atoms. The molecular formula is C12H25NO. The summed E-state index contributed by atoms with van der Waals surface area (Å²) in [4.78, 5) is 2.50. The lowest BCUT2D eigenvalue weighted by molar-refractivity contribution is 0.0184. The Balaban J connectivity index is 2.49. The van der Waals surface area contributed by atoms with Gasteiger partial charge in [-0.2, -0.15) is 0 Å². The normalized spacial score (nSPS) is 28.3. The Labute approximate surface area is 88.3 Å². The molecule has 0 aromatic carbocycles. The predicted molar refractivity (Wildman–Crippen MR) is 60.3 cm³/mol. The van der Waals surface area contributed by atoms with E-state index in [1.807, 2.05) is 0 Å². The highest BCUT2D eigenvalue weighted by Crippen LogP contribution is 2.35. The van der Waals surface area contributed by atoms with Gasteiger partial charge < -0.3 is 10.0 Å². The minimum atomic E-state index is 0.322. The molecule has 1 N–H and O–H groups in total. The maximum Gasteiger partial charge on any atom is 0.0476 e. The molecule has 0 aromatic heterocycles. The fourth-order valence-corrected chi connectivity index (χ4v) is 2.29. The maximum atomic E-state index is 9.35. The molecule has 0 amide bonds. The van der Waals surface area contributed by atoms with Crippen LogP contribution >= 0.6 is 0 Å². The number of aliphatic hydroxyl groups is 1. The molecule has 14 heavy (non-hydrogen) atoms. The Kier molecular flexibility index (Phi) is 3.96. The second-order valence-corrected chi connectivity index (χ2v) is 5.77. The van der Waals surface area contributed by atoms with Gasteiger partial charge in [-0.3, -0.25) is 0 Å². The van der Waals surface area contributed by atoms with Crippen LogP contribution in [0.4, 0.5) is 0 Å².